The maximum absolute atomic E-state index is 12.1. The Morgan fingerprint density at radius 1 is 1.26 bits per heavy atom. The van der Waals surface area contributed by atoms with Gasteiger partial charge in [-0.2, -0.15) is 0 Å². The molecule has 1 aliphatic rings. The van der Waals surface area contributed by atoms with E-state index in [2.05, 4.69) is 11.5 Å². The first-order chi connectivity index (χ1) is 11.3. The van der Waals surface area contributed by atoms with Crippen LogP contribution in [0.5, 0.6) is 0 Å². The van der Waals surface area contributed by atoms with Gasteiger partial charge in [-0.15, -0.1) is 6.58 Å². The second kappa shape index (κ2) is 7.90. The molecule has 0 N–H and O–H groups in total. The Morgan fingerprint density at radius 2 is 2.04 bits per heavy atom. The Balaban J connectivity index is 1.47. The van der Waals surface area contributed by atoms with E-state index in [1.807, 2.05) is 34.9 Å². The smallest absolute Gasteiger partial charge is 0.308 e. The Labute approximate surface area is 141 Å². The summed E-state index contributed by atoms with van der Waals surface area (Å²) in [7, 11) is 0. The van der Waals surface area contributed by atoms with Crippen LogP contribution in [0.1, 0.15) is 19.3 Å². The minimum absolute atomic E-state index is 0.155. The number of ether oxygens (including phenoxy) is 1. The molecule has 1 saturated heterocycles. The Kier molecular flexibility index (Phi) is 5.65. The van der Waals surface area contributed by atoms with Crippen LogP contribution >= 0.6 is 11.3 Å². The zero-order valence-electron chi connectivity index (χ0n) is 13.4. The van der Waals surface area contributed by atoms with Gasteiger partial charge < -0.3 is 9.64 Å². The molecule has 124 valence electrons. The van der Waals surface area contributed by atoms with Gasteiger partial charge in [-0.05, 0) is 37.9 Å². The molecular formula is C18H24N2O2S. The van der Waals surface area contributed by atoms with Crippen LogP contribution in [0.15, 0.2) is 41.7 Å². The monoisotopic (exact) mass is 332 g/mol. The lowest BCUT2D eigenvalue weighted by Crippen LogP contribution is -2.38. The Bertz CT molecular complexity index is 698. The van der Waals surface area contributed by atoms with E-state index in [0.717, 1.165) is 55.7 Å². The van der Waals surface area contributed by atoms with E-state index < -0.39 is 0 Å². The van der Waals surface area contributed by atoms with Gasteiger partial charge in [-0.25, -0.2) is 0 Å². The van der Waals surface area contributed by atoms with Gasteiger partial charge in [0.25, 0.3) is 0 Å². The van der Waals surface area contributed by atoms with Crippen molar-refractivity contribution in [3.05, 3.63) is 46.6 Å². The molecule has 0 bridgehead atoms. The van der Waals surface area contributed by atoms with E-state index in [-0.39, 0.29) is 4.87 Å². The fraction of sp³-hybridized carbons (Fsp3) is 0.500. The number of likely N-dealkylation sites (tertiary alicyclic amines) is 1. The highest BCUT2D eigenvalue weighted by molar-refractivity contribution is 7.16. The predicted octanol–water partition coefficient (Wildman–Crippen LogP) is 3.12. The molecule has 5 heteroatoms. The van der Waals surface area contributed by atoms with E-state index >= 15 is 0 Å². The predicted molar refractivity (Wildman–Crippen MR) is 96.3 cm³/mol. The summed E-state index contributed by atoms with van der Waals surface area (Å²) in [6.07, 6.45) is 5.39. The standard InChI is InChI=1S/C18H24N2O2S/c1-2-14-22-15-8-12-19(13-9-15)10-5-11-20-16-6-3-4-7-17(16)23-18(20)21/h2-4,6-7,15H,1,5,8-14H2. The highest BCUT2D eigenvalue weighted by Crippen LogP contribution is 2.17. The fourth-order valence-corrected chi connectivity index (χ4v) is 4.10. The molecule has 1 aromatic heterocycles. The van der Waals surface area contributed by atoms with Crippen molar-refractivity contribution in [1.29, 1.82) is 0 Å². The summed E-state index contributed by atoms with van der Waals surface area (Å²) < 4.78 is 8.72. The first-order valence-electron chi connectivity index (χ1n) is 8.31. The molecule has 0 atom stereocenters. The molecule has 0 saturated carbocycles. The number of hydrogen-bond donors (Lipinski definition) is 0. The molecule has 0 aliphatic carbocycles. The minimum Gasteiger partial charge on any atom is -0.374 e. The number of aromatic nitrogens is 1. The van der Waals surface area contributed by atoms with Gasteiger partial charge in [0.1, 0.15) is 0 Å². The number of nitrogens with zero attached hydrogens (tertiary/aromatic N) is 2. The van der Waals surface area contributed by atoms with Crippen LogP contribution in [0.4, 0.5) is 0 Å². The number of rotatable bonds is 7. The van der Waals surface area contributed by atoms with Gasteiger partial charge in [0.05, 0.1) is 22.9 Å². The van der Waals surface area contributed by atoms with Gasteiger partial charge in [-0.1, -0.05) is 29.5 Å². The lowest BCUT2D eigenvalue weighted by atomic mass is 10.1. The van der Waals surface area contributed by atoms with Gasteiger partial charge in [0.15, 0.2) is 0 Å². The number of fused-ring (bicyclic) bond motifs is 1. The van der Waals surface area contributed by atoms with E-state index in [1.54, 1.807) is 0 Å². The third-order valence-corrected chi connectivity index (χ3v) is 5.37. The number of benzene rings is 1. The summed E-state index contributed by atoms with van der Waals surface area (Å²) in [5.74, 6) is 0. The van der Waals surface area contributed by atoms with Crippen molar-refractivity contribution in [3.8, 4) is 0 Å². The summed E-state index contributed by atoms with van der Waals surface area (Å²) in [6, 6.07) is 8.04. The highest BCUT2D eigenvalue weighted by Gasteiger charge is 2.19. The average molecular weight is 332 g/mol. The normalized spacial score (nSPS) is 16.9. The zero-order chi connectivity index (χ0) is 16.1. The van der Waals surface area contributed by atoms with E-state index in [9.17, 15) is 4.79 Å². The molecule has 0 spiro atoms. The summed E-state index contributed by atoms with van der Waals surface area (Å²) in [5.41, 5.74) is 1.07. The molecule has 0 unspecified atom stereocenters. The van der Waals surface area contributed by atoms with Gasteiger partial charge >= 0.3 is 4.87 Å². The van der Waals surface area contributed by atoms with Crippen molar-refractivity contribution in [2.45, 2.75) is 31.9 Å². The summed E-state index contributed by atoms with van der Waals surface area (Å²) >= 11 is 1.34. The first kappa shape index (κ1) is 16.4. The molecule has 1 aliphatic heterocycles. The number of para-hydroxylation sites is 1. The van der Waals surface area contributed by atoms with Gasteiger partial charge in [0.2, 0.25) is 0 Å². The van der Waals surface area contributed by atoms with E-state index in [0.29, 0.717) is 12.7 Å². The first-order valence-corrected chi connectivity index (χ1v) is 9.13. The molecule has 1 aromatic carbocycles. The molecule has 23 heavy (non-hydrogen) atoms. The van der Waals surface area contributed by atoms with Crippen molar-refractivity contribution >= 4 is 21.6 Å². The number of hydrogen-bond acceptors (Lipinski definition) is 4. The molecule has 0 radical (unpaired) electrons. The lowest BCUT2D eigenvalue weighted by Gasteiger charge is -2.31. The summed E-state index contributed by atoms with van der Waals surface area (Å²) in [6.45, 7) is 8.36. The van der Waals surface area contributed by atoms with Crippen LogP contribution in [0, 0.1) is 0 Å². The lowest BCUT2D eigenvalue weighted by molar-refractivity contribution is 0.0217. The molecule has 4 nitrogen and oxygen atoms in total. The number of thiazole rings is 1. The SMILES string of the molecule is C=CCOC1CCN(CCCn2c(=O)sc3ccccc32)CC1. The van der Waals surface area contributed by atoms with E-state index in [4.69, 9.17) is 4.74 Å². The maximum Gasteiger partial charge on any atom is 0.308 e. The highest BCUT2D eigenvalue weighted by atomic mass is 32.1. The van der Waals surface area contributed by atoms with Crippen molar-refractivity contribution in [2.24, 2.45) is 0 Å². The molecule has 1 fully saturated rings. The Morgan fingerprint density at radius 3 is 2.83 bits per heavy atom. The van der Waals surface area contributed by atoms with Crippen molar-refractivity contribution in [2.75, 3.05) is 26.2 Å². The third-order valence-electron chi connectivity index (χ3n) is 4.41. The van der Waals surface area contributed by atoms with Crippen LogP contribution in [0.25, 0.3) is 10.2 Å². The number of aryl methyl sites for hydroxylation is 1. The van der Waals surface area contributed by atoms with Crippen LogP contribution in [0.3, 0.4) is 0 Å². The van der Waals surface area contributed by atoms with Crippen LogP contribution in [-0.4, -0.2) is 41.8 Å². The molecule has 3 rings (SSSR count). The molecule has 2 heterocycles. The third kappa shape index (κ3) is 4.10. The maximum atomic E-state index is 12.1. The topological polar surface area (TPSA) is 34.5 Å². The van der Waals surface area contributed by atoms with Gasteiger partial charge in [0, 0.05) is 19.6 Å². The molecule has 0 amide bonds. The van der Waals surface area contributed by atoms with Crippen LogP contribution < -0.4 is 4.87 Å². The number of piperidine rings is 1. The second-order valence-corrected chi connectivity index (χ2v) is 7.00. The summed E-state index contributed by atoms with van der Waals surface area (Å²) in [4.78, 5) is 14.7. The molecule has 2 aromatic rings. The fourth-order valence-electron chi connectivity index (χ4n) is 3.18. The quantitative estimate of drug-likeness (QED) is 0.731. The molecular weight excluding hydrogens is 308 g/mol. The van der Waals surface area contributed by atoms with Crippen molar-refractivity contribution in [3.63, 3.8) is 0 Å². The van der Waals surface area contributed by atoms with Crippen molar-refractivity contribution in [1.82, 2.24) is 9.47 Å². The largest absolute Gasteiger partial charge is 0.374 e. The van der Waals surface area contributed by atoms with Crippen molar-refractivity contribution < 1.29 is 4.74 Å². The van der Waals surface area contributed by atoms with E-state index in [1.165, 1.54) is 11.3 Å². The van der Waals surface area contributed by atoms with Crippen LogP contribution in [-0.2, 0) is 11.3 Å². The Hall–Kier alpha value is -1.43. The second-order valence-electron chi connectivity index (χ2n) is 6.00. The average Bonchev–Trinajstić information content (AvgIpc) is 2.90. The zero-order valence-corrected chi connectivity index (χ0v) is 14.3. The summed E-state index contributed by atoms with van der Waals surface area (Å²) in [5, 5.41) is 0. The van der Waals surface area contributed by atoms with Crippen LogP contribution in [0.2, 0.25) is 0 Å². The van der Waals surface area contributed by atoms with Gasteiger partial charge in [-0.3, -0.25) is 9.36 Å². The minimum atomic E-state index is 0.155.